The van der Waals surface area contributed by atoms with Gasteiger partial charge in [0.05, 0.1) is 13.2 Å². The van der Waals surface area contributed by atoms with E-state index in [0.717, 1.165) is 5.56 Å². The number of aromatic nitrogens is 8. The predicted molar refractivity (Wildman–Crippen MR) is 140 cm³/mol. The van der Waals surface area contributed by atoms with Crippen molar-refractivity contribution in [3.05, 3.63) is 53.7 Å². The molecule has 0 amide bonds. The molecule has 208 valence electrons. The summed E-state index contributed by atoms with van der Waals surface area (Å²) in [6.07, 6.45) is 2.00. The van der Waals surface area contributed by atoms with Crippen LogP contribution in [-0.2, 0) is 14.8 Å². The number of nitrogens with zero attached hydrogens (tertiary/aromatic N) is 8. The van der Waals surface area contributed by atoms with Gasteiger partial charge in [0, 0.05) is 18.5 Å². The number of anilines is 1. The van der Waals surface area contributed by atoms with Crippen molar-refractivity contribution in [3.8, 4) is 17.4 Å². The molecular weight excluding hydrogens is 526 g/mol. The standard InChI is InChI=1S/C24H31N9O5S/c1-13(2)37-20(21-25-11-14(3)12-26-21)16(5)39(34,35)32-24-30-29-22(18-9-8-10-19(28-18)36-7)33(24)15(4)23-27-17(6)31-38-23/h8-13,15-16,20H,1-7H3,(H,30,32)/t15-,16-,20+/m0/s1. The second-order valence-corrected chi connectivity index (χ2v) is 11.3. The summed E-state index contributed by atoms with van der Waals surface area (Å²) >= 11 is 0. The Hall–Kier alpha value is -3.98. The minimum Gasteiger partial charge on any atom is -0.481 e. The molecule has 4 aromatic rings. The molecule has 0 radical (unpaired) electrons. The Bertz CT molecular complexity index is 1520. The van der Waals surface area contributed by atoms with Crippen LogP contribution in [0.1, 0.15) is 62.9 Å². The van der Waals surface area contributed by atoms with E-state index in [1.807, 2.05) is 20.8 Å². The van der Waals surface area contributed by atoms with Gasteiger partial charge in [0.25, 0.3) is 0 Å². The van der Waals surface area contributed by atoms with Crippen molar-refractivity contribution in [3.63, 3.8) is 0 Å². The molecule has 0 aromatic carbocycles. The van der Waals surface area contributed by atoms with Gasteiger partial charge < -0.3 is 14.0 Å². The third kappa shape index (κ3) is 6.20. The van der Waals surface area contributed by atoms with Crippen LogP contribution in [0.4, 0.5) is 5.95 Å². The van der Waals surface area contributed by atoms with Crippen LogP contribution in [0.5, 0.6) is 5.88 Å². The summed E-state index contributed by atoms with van der Waals surface area (Å²) < 4.78 is 48.1. The first-order valence-corrected chi connectivity index (χ1v) is 13.8. The smallest absolute Gasteiger partial charge is 0.249 e. The lowest BCUT2D eigenvalue weighted by Crippen LogP contribution is -2.35. The summed E-state index contributed by atoms with van der Waals surface area (Å²) in [5.41, 5.74) is 1.24. The highest BCUT2D eigenvalue weighted by Crippen LogP contribution is 2.31. The third-order valence-electron chi connectivity index (χ3n) is 5.77. The van der Waals surface area contributed by atoms with E-state index in [2.05, 4.69) is 40.0 Å². The number of pyridine rings is 1. The fraction of sp³-hybridized carbons (Fsp3) is 0.458. The summed E-state index contributed by atoms with van der Waals surface area (Å²) in [6, 6.07) is 4.47. The van der Waals surface area contributed by atoms with Crippen molar-refractivity contribution in [1.82, 2.24) is 39.9 Å². The Morgan fingerprint density at radius 3 is 2.36 bits per heavy atom. The molecule has 39 heavy (non-hydrogen) atoms. The van der Waals surface area contributed by atoms with Crippen LogP contribution in [0.25, 0.3) is 11.5 Å². The van der Waals surface area contributed by atoms with Gasteiger partial charge in [-0.05, 0) is 53.2 Å². The fourth-order valence-corrected chi connectivity index (χ4v) is 4.85. The molecule has 0 spiro atoms. The molecule has 0 saturated heterocycles. The first-order valence-electron chi connectivity index (χ1n) is 12.2. The number of nitrogens with one attached hydrogen (secondary N) is 1. The number of rotatable bonds is 11. The summed E-state index contributed by atoms with van der Waals surface area (Å²) in [7, 11) is -2.63. The maximum Gasteiger partial charge on any atom is 0.249 e. The largest absolute Gasteiger partial charge is 0.481 e. The van der Waals surface area contributed by atoms with Crippen molar-refractivity contribution >= 4 is 16.0 Å². The third-order valence-corrected chi connectivity index (χ3v) is 7.46. The van der Waals surface area contributed by atoms with Gasteiger partial charge in [-0.1, -0.05) is 11.2 Å². The lowest BCUT2D eigenvalue weighted by atomic mass is 10.2. The Morgan fingerprint density at radius 1 is 1.03 bits per heavy atom. The molecule has 0 bridgehead atoms. The fourth-order valence-electron chi connectivity index (χ4n) is 3.76. The Morgan fingerprint density at radius 2 is 1.74 bits per heavy atom. The van der Waals surface area contributed by atoms with E-state index in [-0.39, 0.29) is 29.6 Å². The van der Waals surface area contributed by atoms with Gasteiger partial charge in [0.1, 0.15) is 23.1 Å². The molecule has 0 fully saturated rings. The van der Waals surface area contributed by atoms with Gasteiger partial charge >= 0.3 is 0 Å². The van der Waals surface area contributed by atoms with Crippen LogP contribution in [0, 0.1) is 13.8 Å². The van der Waals surface area contributed by atoms with Crippen molar-refractivity contribution in [2.75, 3.05) is 11.8 Å². The van der Waals surface area contributed by atoms with Gasteiger partial charge in [-0.3, -0.25) is 9.29 Å². The number of hydrogen-bond acceptors (Lipinski definition) is 12. The number of ether oxygens (including phenoxy) is 2. The Kier molecular flexibility index (Phi) is 8.20. The van der Waals surface area contributed by atoms with E-state index < -0.39 is 27.4 Å². The number of hydrogen-bond donors (Lipinski definition) is 1. The highest BCUT2D eigenvalue weighted by atomic mass is 32.2. The van der Waals surface area contributed by atoms with Crippen molar-refractivity contribution < 1.29 is 22.4 Å². The van der Waals surface area contributed by atoms with Gasteiger partial charge in [0.2, 0.25) is 27.7 Å². The van der Waals surface area contributed by atoms with E-state index in [1.165, 1.54) is 18.6 Å². The van der Waals surface area contributed by atoms with E-state index in [0.29, 0.717) is 17.4 Å². The van der Waals surface area contributed by atoms with E-state index >= 15 is 0 Å². The lowest BCUT2D eigenvalue weighted by Gasteiger charge is -2.25. The van der Waals surface area contributed by atoms with Crippen LogP contribution >= 0.6 is 0 Å². The Labute approximate surface area is 226 Å². The van der Waals surface area contributed by atoms with E-state index in [1.54, 1.807) is 44.4 Å². The van der Waals surface area contributed by atoms with Gasteiger partial charge in [0.15, 0.2) is 17.5 Å². The summed E-state index contributed by atoms with van der Waals surface area (Å²) in [6.45, 7) is 10.4. The van der Waals surface area contributed by atoms with Crippen LogP contribution in [0.2, 0.25) is 0 Å². The molecule has 0 aliphatic carbocycles. The number of sulfonamides is 1. The van der Waals surface area contributed by atoms with Crippen molar-refractivity contribution in [1.29, 1.82) is 0 Å². The van der Waals surface area contributed by atoms with Crippen molar-refractivity contribution in [2.45, 2.75) is 65.0 Å². The molecule has 0 aliphatic heterocycles. The monoisotopic (exact) mass is 557 g/mol. The molecule has 4 aromatic heterocycles. The second kappa shape index (κ2) is 11.4. The quantitative estimate of drug-likeness (QED) is 0.286. The highest BCUT2D eigenvalue weighted by Gasteiger charge is 2.36. The molecule has 0 unspecified atom stereocenters. The highest BCUT2D eigenvalue weighted by molar-refractivity contribution is 7.93. The maximum absolute atomic E-state index is 13.7. The summed E-state index contributed by atoms with van der Waals surface area (Å²) in [5.74, 6) is 1.46. The molecule has 0 saturated carbocycles. The van der Waals surface area contributed by atoms with Crippen LogP contribution in [0.3, 0.4) is 0 Å². The van der Waals surface area contributed by atoms with E-state index in [4.69, 9.17) is 14.0 Å². The molecule has 15 heteroatoms. The van der Waals surface area contributed by atoms with Gasteiger partial charge in [-0.2, -0.15) is 4.98 Å². The number of methoxy groups -OCH3 is 1. The zero-order valence-corrected chi connectivity index (χ0v) is 23.5. The first-order chi connectivity index (χ1) is 18.5. The zero-order valence-electron chi connectivity index (χ0n) is 22.7. The maximum atomic E-state index is 13.7. The lowest BCUT2D eigenvalue weighted by molar-refractivity contribution is 0.00152. The molecular formula is C24H31N9O5S. The topological polar surface area (TPSA) is 173 Å². The molecule has 4 heterocycles. The second-order valence-electron chi connectivity index (χ2n) is 9.21. The van der Waals surface area contributed by atoms with Crippen LogP contribution < -0.4 is 9.46 Å². The molecule has 3 atom stereocenters. The molecule has 14 nitrogen and oxygen atoms in total. The first kappa shape index (κ1) is 28.0. The molecule has 0 aliphatic rings. The minimum atomic E-state index is -4.12. The molecule has 4 rings (SSSR count). The summed E-state index contributed by atoms with van der Waals surface area (Å²) in [5, 5.41) is 11.1. The zero-order chi connectivity index (χ0) is 28.3. The minimum absolute atomic E-state index is 0.0713. The normalized spacial score (nSPS) is 14.3. The van der Waals surface area contributed by atoms with E-state index in [9.17, 15) is 8.42 Å². The Balaban J connectivity index is 1.75. The van der Waals surface area contributed by atoms with Crippen LogP contribution in [0.15, 0.2) is 35.1 Å². The molecule has 1 N–H and O–H groups in total. The SMILES string of the molecule is COc1cccc(-c2nnc(NS(=O)(=O)[C@@H](C)[C@@H](OC(C)C)c3ncc(C)cn3)n2[C@@H](C)c2nc(C)no2)n1. The van der Waals surface area contributed by atoms with Gasteiger partial charge in [-0.15, -0.1) is 10.2 Å². The van der Waals surface area contributed by atoms with Gasteiger partial charge in [-0.25, -0.2) is 23.4 Å². The predicted octanol–water partition coefficient (Wildman–Crippen LogP) is 3.04. The summed E-state index contributed by atoms with van der Waals surface area (Å²) in [4.78, 5) is 17.4. The average Bonchev–Trinajstić information content (AvgIpc) is 3.53. The van der Waals surface area contributed by atoms with Crippen molar-refractivity contribution in [2.24, 2.45) is 0 Å². The average molecular weight is 558 g/mol. The number of aryl methyl sites for hydroxylation is 2. The van der Waals surface area contributed by atoms with Crippen LogP contribution in [-0.4, -0.2) is 66.7 Å².